The van der Waals surface area contributed by atoms with Gasteiger partial charge < -0.3 is 4.90 Å². The number of anilines is 1. The normalized spacial score (nSPS) is 14.9. The van der Waals surface area contributed by atoms with Crippen molar-refractivity contribution in [2.24, 2.45) is 0 Å². The minimum absolute atomic E-state index is 1.05. The van der Waals surface area contributed by atoms with Crippen LogP contribution in [0.3, 0.4) is 0 Å². The number of hydrogen-bond acceptors (Lipinski definition) is 3. The summed E-state index contributed by atoms with van der Waals surface area (Å²) in [6, 6.07) is 23.7. The van der Waals surface area contributed by atoms with Gasteiger partial charge in [-0.25, -0.2) is 4.68 Å². The van der Waals surface area contributed by atoms with Crippen molar-refractivity contribution in [2.75, 3.05) is 37.6 Å². The van der Waals surface area contributed by atoms with E-state index < -0.39 is 0 Å². The Kier molecular flexibility index (Phi) is 7.20. The fraction of sp³-hybridized carbons (Fsp3) is 0.423. The lowest BCUT2D eigenvalue weighted by Crippen LogP contribution is -2.46. The predicted octanol–water partition coefficient (Wildman–Crippen LogP) is 4.97. The van der Waals surface area contributed by atoms with Crippen molar-refractivity contribution in [1.82, 2.24) is 14.7 Å². The smallest absolute Gasteiger partial charge is 0.0648 e. The van der Waals surface area contributed by atoms with E-state index in [9.17, 15) is 0 Å². The second-order valence-corrected chi connectivity index (χ2v) is 8.25. The highest BCUT2D eigenvalue weighted by Gasteiger charge is 2.16. The molecule has 1 aliphatic rings. The summed E-state index contributed by atoms with van der Waals surface area (Å²) < 4.78 is 2.16. The molecule has 1 saturated heterocycles. The van der Waals surface area contributed by atoms with E-state index in [1.807, 2.05) is 0 Å². The van der Waals surface area contributed by atoms with Crippen LogP contribution in [0.2, 0.25) is 0 Å². The van der Waals surface area contributed by atoms with Crippen LogP contribution in [0.15, 0.2) is 66.7 Å². The van der Waals surface area contributed by atoms with Crippen LogP contribution in [0.5, 0.6) is 0 Å². The standard InChI is InChI=1S/C26H34N4/c1-2-11-23-22-26(30(27-23)25-14-7-4-8-15-25)16-9-10-17-28-18-20-29(21-19-28)24-12-5-3-6-13-24/h3-8,12-15,22H,2,9-11,16-21H2,1H3. The van der Waals surface area contributed by atoms with Gasteiger partial charge in [-0.1, -0.05) is 49.7 Å². The minimum atomic E-state index is 1.05. The van der Waals surface area contributed by atoms with Crippen LogP contribution < -0.4 is 4.90 Å². The number of benzene rings is 2. The van der Waals surface area contributed by atoms with Crippen molar-refractivity contribution in [2.45, 2.75) is 39.0 Å². The number of piperazine rings is 1. The summed E-state index contributed by atoms with van der Waals surface area (Å²) >= 11 is 0. The average Bonchev–Trinajstić information content (AvgIpc) is 3.21. The van der Waals surface area contributed by atoms with Crippen molar-refractivity contribution >= 4 is 5.69 Å². The highest BCUT2D eigenvalue weighted by molar-refractivity contribution is 5.46. The molecule has 0 aliphatic carbocycles. The molecule has 0 unspecified atom stereocenters. The maximum atomic E-state index is 4.88. The number of unbranched alkanes of at least 4 members (excludes halogenated alkanes) is 1. The van der Waals surface area contributed by atoms with Gasteiger partial charge >= 0.3 is 0 Å². The number of aryl methyl sites for hydroxylation is 2. The fourth-order valence-electron chi connectivity index (χ4n) is 4.33. The van der Waals surface area contributed by atoms with Crippen LogP contribution in [0, 0.1) is 0 Å². The molecule has 2 heterocycles. The molecular weight excluding hydrogens is 368 g/mol. The van der Waals surface area contributed by atoms with Crippen molar-refractivity contribution in [3.05, 3.63) is 78.1 Å². The highest BCUT2D eigenvalue weighted by Crippen LogP contribution is 2.18. The lowest BCUT2D eigenvalue weighted by molar-refractivity contribution is 0.253. The van der Waals surface area contributed by atoms with Crippen LogP contribution in [-0.4, -0.2) is 47.4 Å². The topological polar surface area (TPSA) is 24.3 Å². The molecule has 3 aromatic rings. The second kappa shape index (κ2) is 10.4. The first-order chi connectivity index (χ1) is 14.8. The lowest BCUT2D eigenvalue weighted by atomic mass is 10.1. The predicted molar refractivity (Wildman–Crippen MR) is 126 cm³/mol. The van der Waals surface area contributed by atoms with Gasteiger partial charge in [-0.2, -0.15) is 5.10 Å². The summed E-state index contributed by atoms with van der Waals surface area (Å²) in [5.41, 5.74) is 5.09. The van der Waals surface area contributed by atoms with Crippen LogP contribution in [0.1, 0.15) is 37.6 Å². The van der Waals surface area contributed by atoms with Gasteiger partial charge in [0.15, 0.2) is 0 Å². The molecular formula is C26H34N4. The summed E-state index contributed by atoms with van der Waals surface area (Å²) in [5, 5.41) is 4.88. The molecule has 158 valence electrons. The zero-order chi connectivity index (χ0) is 20.6. The molecule has 4 rings (SSSR count). The zero-order valence-electron chi connectivity index (χ0n) is 18.2. The van der Waals surface area contributed by atoms with E-state index in [1.165, 1.54) is 42.1 Å². The molecule has 0 radical (unpaired) electrons. The molecule has 30 heavy (non-hydrogen) atoms. The first-order valence-corrected chi connectivity index (χ1v) is 11.5. The van der Waals surface area contributed by atoms with Crippen molar-refractivity contribution in [1.29, 1.82) is 0 Å². The number of aromatic nitrogens is 2. The van der Waals surface area contributed by atoms with Gasteiger partial charge in [0.1, 0.15) is 0 Å². The monoisotopic (exact) mass is 402 g/mol. The fourth-order valence-corrected chi connectivity index (χ4v) is 4.33. The Balaban J connectivity index is 1.26. The number of nitrogens with zero attached hydrogens (tertiary/aromatic N) is 4. The zero-order valence-corrected chi connectivity index (χ0v) is 18.2. The summed E-state index contributed by atoms with van der Waals surface area (Å²) in [6.07, 6.45) is 5.74. The third-order valence-corrected chi connectivity index (χ3v) is 5.99. The quantitative estimate of drug-likeness (QED) is 0.472. The molecule has 1 aromatic heterocycles. The number of rotatable bonds is 9. The van der Waals surface area contributed by atoms with Crippen molar-refractivity contribution in [3.8, 4) is 5.69 Å². The van der Waals surface area contributed by atoms with Gasteiger partial charge in [-0.15, -0.1) is 0 Å². The summed E-state index contributed by atoms with van der Waals surface area (Å²) in [5.74, 6) is 0. The van der Waals surface area contributed by atoms with E-state index in [0.29, 0.717) is 0 Å². The van der Waals surface area contributed by atoms with Gasteiger partial charge in [0.25, 0.3) is 0 Å². The summed E-state index contributed by atoms with van der Waals surface area (Å²) in [7, 11) is 0. The van der Waals surface area contributed by atoms with Crippen LogP contribution in [0.4, 0.5) is 5.69 Å². The molecule has 4 heteroatoms. The van der Waals surface area contributed by atoms with Crippen LogP contribution in [0.25, 0.3) is 5.69 Å². The maximum absolute atomic E-state index is 4.88. The third-order valence-electron chi connectivity index (χ3n) is 5.99. The molecule has 0 N–H and O–H groups in total. The first kappa shape index (κ1) is 20.7. The number of hydrogen-bond donors (Lipinski definition) is 0. The molecule has 0 atom stereocenters. The van der Waals surface area contributed by atoms with Gasteiger partial charge in [0, 0.05) is 37.6 Å². The maximum Gasteiger partial charge on any atom is 0.0648 e. The minimum Gasteiger partial charge on any atom is -0.369 e. The Morgan fingerprint density at radius 1 is 0.767 bits per heavy atom. The van der Waals surface area contributed by atoms with Gasteiger partial charge in [-0.05, 0) is 62.6 Å². The molecule has 0 spiro atoms. The molecule has 1 aliphatic heterocycles. The lowest BCUT2D eigenvalue weighted by Gasteiger charge is -2.36. The Labute approximate surface area is 181 Å². The van der Waals surface area contributed by atoms with E-state index in [0.717, 1.165) is 45.4 Å². The van der Waals surface area contributed by atoms with Gasteiger partial charge in [0.2, 0.25) is 0 Å². The van der Waals surface area contributed by atoms with Crippen molar-refractivity contribution < 1.29 is 0 Å². The van der Waals surface area contributed by atoms with Crippen LogP contribution in [-0.2, 0) is 12.8 Å². The number of para-hydroxylation sites is 2. The Morgan fingerprint density at radius 3 is 2.10 bits per heavy atom. The molecule has 0 bridgehead atoms. The largest absolute Gasteiger partial charge is 0.369 e. The highest BCUT2D eigenvalue weighted by atomic mass is 15.3. The molecule has 2 aromatic carbocycles. The Morgan fingerprint density at radius 2 is 1.43 bits per heavy atom. The van der Waals surface area contributed by atoms with Gasteiger partial charge in [-0.3, -0.25) is 4.90 Å². The SMILES string of the molecule is CCCc1cc(CCCCN2CCN(c3ccccc3)CC2)n(-c2ccccc2)n1. The molecule has 4 nitrogen and oxygen atoms in total. The van der Waals surface area contributed by atoms with E-state index in [1.54, 1.807) is 0 Å². The van der Waals surface area contributed by atoms with Crippen LogP contribution >= 0.6 is 0 Å². The Bertz CT molecular complexity index is 880. The molecule has 1 fully saturated rings. The average molecular weight is 403 g/mol. The molecule has 0 saturated carbocycles. The van der Waals surface area contributed by atoms with Gasteiger partial charge in [0.05, 0.1) is 11.4 Å². The van der Waals surface area contributed by atoms with E-state index in [-0.39, 0.29) is 0 Å². The van der Waals surface area contributed by atoms with E-state index in [2.05, 4.69) is 88.1 Å². The molecule has 0 amide bonds. The summed E-state index contributed by atoms with van der Waals surface area (Å²) in [4.78, 5) is 5.13. The second-order valence-electron chi connectivity index (χ2n) is 8.25. The third kappa shape index (κ3) is 5.31. The first-order valence-electron chi connectivity index (χ1n) is 11.5. The van der Waals surface area contributed by atoms with E-state index >= 15 is 0 Å². The Hall–Kier alpha value is -2.59. The summed E-state index contributed by atoms with van der Waals surface area (Å²) in [6.45, 7) is 8.01. The van der Waals surface area contributed by atoms with E-state index in [4.69, 9.17) is 5.10 Å². The van der Waals surface area contributed by atoms with Crippen molar-refractivity contribution in [3.63, 3.8) is 0 Å².